The summed E-state index contributed by atoms with van der Waals surface area (Å²) in [4.78, 5) is 21.2. The molecule has 0 saturated heterocycles. The van der Waals surface area contributed by atoms with Gasteiger partial charge in [-0.15, -0.1) is 0 Å². The Hall–Kier alpha value is -1.99. The van der Waals surface area contributed by atoms with Crippen molar-refractivity contribution in [3.63, 3.8) is 0 Å². The highest BCUT2D eigenvalue weighted by Gasteiger charge is 2.15. The van der Waals surface area contributed by atoms with Crippen LogP contribution in [0.2, 0.25) is 0 Å². The predicted octanol–water partition coefficient (Wildman–Crippen LogP) is 0.105. The highest BCUT2D eigenvalue weighted by molar-refractivity contribution is 5.89. The fraction of sp³-hybridized carbons (Fsp3) is 0.300. The third-order valence-corrected chi connectivity index (χ3v) is 1.99. The first-order chi connectivity index (χ1) is 8.08. The van der Waals surface area contributed by atoms with Crippen LogP contribution in [0, 0.1) is 10.1 Å². The third kappa shape index (κ3) is 3.51. The van der Waals surface area contributed by atoms with Crippen LogP contribution in [0.15, 0.2) is 24.3 Å². The Kier molecular flexibility index (Phi) is 4.56. The minimum atomic E-state index is -0.988. The number of carbonyl (C=O) groups excluding carboxylic acids is 1. The maximum atomic E-state index is 11.4. The van der Waals surface area contributed by atoms with E-state index in [-0.39, 0.29) is 11.3 Å². The number of ether oxygens (including phenoxy) is 1. The summed E-state index contributed by atoms with van der Waals surface area (Å²) in [5.41, 5.74) is -0.0232. The molecule has 0 saturated carbocycles. The zero-order valence-electron chi connectivity index (χ0n) is 8.78. The van der Waals surface area contributed by atoms with E-state index >= 15 is 0 Å². The SMILES string of the molecule is O=C(OC(CO)CO)c1ccc([N+](=O)[O-])cc1. The summed E-state index contributed by atoms with van der Waals surface area (Å²) in [6.07, 6.45) is -0.988. The van der Waals surface area contributed by atoms with Crippen LogP contribution in [0.5, 0.6) is 0 Å². The molecule has 0 aliphatic rings. The Morgan fingerprint density at radius 3 is 2.24 bits per heavy atom. The van der Waals surface area contributed by atoms with E-state index in [0.717, 1.165) is 0 Å². The van der Waals surface area contributed by atoms with Gasteiger partial charge in [-0.2, -0.15) is 0 Å². The van der Waals surface area contributed by atoms with Gasteiger partial charge in [0.05, 0.1) is 23.7 Å². The normalized spacial score (nSPS) is 10.3. The summed E-state index contributed by atoms with van der Waals surface area (Å²) in [6, 6.07) is 4.82. The van der Waals surface area contributed by atoms with Crippen molar-refractivity contribution in [1.82, 2.24) is 0 Å². The number of nitro groups is 1. The van der Waals surface area contributed by atoms with Crippen molar-refractivity contribution in [2.45, 2.75) is 6.10 Å². The Labute approximate surface area is 96.4 Å². The molecule has 0 aliphatic carbocycles. The number of nitro benzene ring substituents is 1. The van der Waals surface area contributed by atoms with Crippen LogP contribution < -0.4 is 0 Å². The van der Waals surface area contributed by atoms with E-state index in [1.165, 1.54) is 24.3 Å². The molecule has 0 aromatic heterocycles. The zero-order valence-corrected chi connectivity index (χ0v) is 8.78. The lowest BCUT2D eigenvalue weighted by atomic mass is 10.2. The minimum absolute atomic E-state index is 0.113. The lowest BCUT2D eigenvalue weighted by Crippen LogP contribution is -2.25. The first-order valence-electron chi connectivity index (χ1n) is 4.75. The van der Waals surface area contributed by atoms with E-state index in [0.29, 0.717) is 0 Å². The van der Waals surface area contributed by atoms with E-state index in [1.807, 2.05) is 0 Å². The largest absolute Gasteiger partial charge is 0.454 e. The van der Waals surface area contributed by atoms with E-state index in [4.69, 9.17) is 14.9 Å². The van der Waals surface area contributed by atoms with Crippen molar-refractivity contribution in [3.8, 4) is 0 Å². The lowest BCUT2D eigenvalue weighted by molar-refractivity contribution is -0.384. The number of carbonyl (C=O) groups is 1. The fourth-order valence-corrected chi connectivity index (χ4v) is 1.07. The van der Waals surface area contributed by atoms with Gasteiger partial charge in [-0.25, -0.2) is 4.79 Å². The number of esters is 1. The second kappa shape index (κ2) is 5.92. The van der Waals surface area contributed by atoms with Crippen molar-refractivity contribution in [3.05, 3.63) is 39.9 Å². The van der Waals surface area contributed by atoms with Gasteiger partial charge in [0.1, 0.15) is 6.10 Å². The molecule has 0 unspecified atom stereocenters. The van der Waals surface area contributed by atoms with Crippen LogP contribution in [-0.2, 0) is 4.74 Å². The molecular weight excluding hydrogens is 230 g/mol. The number of aliphatic hydroxyl groups excluding tert-OH is 2. The lowest BCUT2D eigenvalue weighted by Gasteiger charge is -2.12. The number of non-ortho nitro benzene ring substituents is 1. The predicted molar refractivity (Wildman–Crippen MR) is 56.5 cm³/mol. The summed E-state index contributed by atoms with van der Waals surface area (Å²) >= 11 is 0. The van der Waals surface area contributed by atoms with E-state index in [2.05, 4.69) is 0 Å². The summed E-state index contributed by atoms with van der Waals surface area (Å²) in [5, 5.41) is 27.8. The van der Waals surface area contributed by atoms with Gasteiger partial charge in [-0.1, -0.05) is 0 Å². The van der Waals surface area contributed by atoms with Crippen LogP contribution >= 0.6 is 0 Å². The van der Waals surface area contributed by atoms with Gasteiger partial charge in [0.25, 0.3) is 5.69 Å². The second-order valence-electron chi connectivity index (χ2n) is 3.20. The number of hydrogen-bond acceptors (Lipinski definition) is 6. The molecule has 0 radical (unpaired) electrons. The molecule has 0 amide bonds. The minimum Gasteiger partial charge on any atom is -0.454 e. The maximum absolute atomic E-state index is 11.4. The standard InChI is InChI=1S/C10H11NO6/c12-5-9(6-13)17-10(14)7-1-3-8(4-2-7)11(15)16/h1-4,9,12-13H,5-6H2. The number of benzene rings is 1. The first kappa shape index (κ1) is 13.1. The molecule has 1 rings (SSSR count). The number of aliphatic hydroxyl groups is 2. The van der Waals surface area contributed by atoms with Crippen LogP contribution in [0.1, 0.15) is 10.4 Å². The van der Waals surface area contributed by atoms with Gasteiger partial charge >= 0.3 is 5.97 Å². The average molecular weight is 241 g/mol. The van der Waals surface area contributed by atoms with Gasteiger partial charge in [0.15, 0.2) is 0 Å². The first-order valence-corrected chi connectivity index (χ1v) is 4.75. The highest BCUT2D eigenvalue weighted by Crippen LogP contribution is 2.13. The molecule has 0 spiro atoms. The smallest absolute Gasteiger partial charge is 0.338 e. The third-order valence-electron chi connectivity index (χ3n) is 1.99. The van der Waals surface area contributed by atoms with Crippen molar-refractivity contribution in [2.24, 2.45) is 0 Å². The van der Waals surface area contributed by atoms with Crippen molar-refractivity contribution < 1.29 is 24.7 Å². The van der Waals surface area contributed by atoms with Crippen LogP contribution in [0.3, 0.4) is 0 Å². The van der Waals surface area contributed by atoms with E-state index in [9.17, 15) is 14.9 Å². The molecule has 1 aromatic carbocycles. The molecule has 17 heavy (non-hydrogen) atoms. The second-order valence-corrected chi connectivity index (χ2v) is 3.20. The molecule has 0 aliphatic heterocycles. The number of nitrogens with zero attached hydrogens (tertiary/aromatic N) is 1. The molecule has 92 valence electrons. The molecule has 0 atom stereocenters. The number of rotatable bonds is 5. The summed E-state index contributed by atoms with van der Waals surface area (Å²) in [7, 11) is 0. The van der Waals surface area contributed by atoms with Crippen LogP contribution in [0.25, 0.3) is 0 Å². The maximum Gasteiger partial charge on any atom is 0.338 e. The molecule has 7 nitrogen and oxygen atoms in total. The van der Waals surface area contributed by atoms with Gasteiger partial charge in [0.2, 0.25) is 0 Å². The van der Waals surface area contributed by atoms with E-state index < -0.39 is 30.2 Å². The van der Waals surface area contributed by atoms with Crippen molar-refractivity contribution >= 4 is 11.7 Å². The highest BCUT2D eigenvalue weighted by atomic mass is 16.6. The Balaban J connectivity index is 2.73. The molecule has 0 fully saturated rings. The summed E-state index contributed by atoms with van der Waals surface area (Å²) < 4.78 is 4.73. The average Bonchev–Trinajstić information content (AvgIpc) is 2.35. The van der Waals surface area contributed by atoms with Crippen LogP contribution in [-0.4, -0.2) is 40.4 Å². The Morgan fingerprint density at radius 2 is 1.82 bits per heavy atom. The van der Waals surface area contributed by atoms with E-state index in [1.54, 1.807) is 0 Å². The van der Waals surface area contributed by atoms with Crippen molar-refractivity contribution in [1.29, 1.82) is 0 Å². The molecule has 2 N–H and O–H groups in total. The topological polar surface area (TPSA) is 110 Å². The molecule has 0 heterocycles. The molecular formula is C10H11NO6. The Morgan fingerprint density at radius 1 is 1.29 bits per heavy atom. The molecule has 0 bridgehead atoms. The van der Waals surface area contributed by atoms with Gasteiger partial charge < -0.3 is 14.9 Å². The monoisotopic (exact) mass is 241 g/mol. The summed E-state index contributed by atoms with van der Waals surface area (Å²) in [5.74, 6) is -0.756. The quantitative estimate of drug-likeness (QED) is 0.430. The Bertz CT molecular complexity index is 398. The van der Waals surface area contributed by atoms with Gasteiger partial charge in [-0.3, -0.25) is 10.1 Å². The van der Waals surface area contributed by atoms with Crippen molar-refractivity contribution in [2.75, 3.05) is 13.2 Å². The van der Waals surface area contributed by atoms with Gasteiger partial charge in [-0.05, 0) is 12.1 Å². The molecule has 7 heteroatoms. The van der Waals surface area contributed by atoms with Gasteiger partial charge in [0, 0.05) is 12.1 Å². The summed E-state index contributed by atoms with van der Waals surface area (Å²) in [6.45, 7) is -0.982. The zero-order chi connectivity index (χ0) is 12.8. The van der Waals surface area contributed by atoms with Crippen LogP contribution in [0.4, 0.5) is 5.69 Å². The fourth-order valence-electron chi connectivity index (χ4n) is 1.07. The number of hydrogen-bond donors (Lipinski definition) is 2. The molecule has 1 aromatic rings.